The van der Waals surface area contributed by atoms with Gasteiger partial charge in [-0.25, -0.2) is 0 Å². The molecule has 15 heteroatoms. The molecule has 6 rings (SSSR count). The van der Waals surface area contributed by atoms with E-state index in [9.17, 15) is 32.5 Å². The third kappa shape index (κ3) is 6.58. The normalized spacial score (nSPS) is 25.4. The van der Waals surface area contributed by atoms with Crippen LogP contribution in [0.3, 0.4) is 0 Å². The molecule has 256 valence electrons. The van der Waals surface area contributed by atoms with Crippen molar-refractivity contribution in [2.45, 2.75) is 94.9 Å². The van der Waals surface area contributed by atoms with Gasteiger partial charge in [0.15, 0.2) is 0 Å². The maximum absolute atomic E-state index is 14.3. The van der Waals surface area contributed by atoms with Gasteiger partial charge in [0.2, 0.25) is 17.7 Å². The number of halogens is 2. The number of hydrogen-bond acceptors (Lipinski definition) is 6. The lowest BCUT2D eigenvalue weighted by Gasteiger charge is -2.39. The molecule has 0 unspecified atom stereocenters. The average molecular weight is 695 g/mol. The minimum atomic E-state index is -5.78. The molecule has 1 saturated carbocycles. The third-order valence-corrected chi connectivity index (χ3v) is 12.7. The lowest BCUT2D eigenvalue weighted by molar-refractivity contribution is -0.148. The highest BCUT2D eigenvalue weighted by molar-refractivity contribution is 7.52. The van der Waals surface area contributed by atoms with E-state index in [2.05, 4.69) is 5.32 Å². The van der Waals surface area contributed by atoms with Gasteiger partial charge in [-0.1, -0.05) is 31.7 Å². The first-order chi connectivity index (χ1) is 22.2. The highest BCUT2D eigenvalue weighted by Crippen LogP contribution is 2.59. The zero-order chi connectivity index (χ0) is 33.7. The van der Waals surface area contributed by atoms with Crippen LogP contribution in [0.15, 0.2) is 24.3 Å². The van der Waals surface area contributed by atoms with E-state index < -0.39 is 42.7 Å². The molecule has 4 fully saturated rings. The van der Waals surface area contributed by atoms with Gasteiger partial charge in [0, 0.05) is 49.4 Å². The molecule has 1 aromatic heterocycles. The molecule has 2 aromatic rings. The third-order valence-electron chi connectivity index (χ3n) is 10.6. The summed E-state index contributed by atoms with van der Waals surface area (Å²) in [5, 5.41) is 2.93. The Morgan fingerprint density at radius 2 is 1.72 bits per heavy atom. The van der Waals surface area contributed by atoms with Gasteiger partial charge in [0.25, 0.3) is 5.91 Å². The van der Waals surface area contributed by atoms with Gasteiger partial charge >= 0.3 is 13.3 Å². The predicted molar refractivity (Wildman–Crippen MR) is 171 cm³/mol. The quantitative estimate of drug-likeness (QED) is 0.393. The highest BCUT2D eigenvalue weighted by atomic mass is 32.1. The van der Waals surface area contributed by atoms with Crippen LogP contribution in [0.1, 0.15) is 86.4 Å². The fourth-order valence-corrected chi connectivity index (χ4v) is 9.39. The molecule has 4 heterocycles. The zero-order valence-electron chi connectivity index (χ0n) is 26.3. The number of nitrogens with zero attached hydrogens (tertiary/aromatic N) is 3. The van der Waals surface area contributed by atoms with Gasteiger partial charge in [-0.2, -0.15) is 8.78 Å². The number of amides is 4. The van der Waals surface area contributed by atoms with E-state index in [1.807, 2.05) is 4.90 Å². The molecule has 0 radical (unpaired) electrons. The summed E-state index contributed by atoms with van der Waals surface area (Å²) >= 11 is 0.975. The minimum absolute atomic E-state index is 0.0523. The second-order valence-electron chi connectivity index (χ2n) is 13.6. The van der Waals surface area contributed by atoms with Gasteiger partial charge in [-0.15, -0.1) is 11.3 Å². The largest absolute Gasteiger partial charge is 0.399 e. The van der Waals surface area contributed by atoms with E-state index in [4.69, 9.17) is 9.79 Å². The number of benzene rings is 1. The van der Waals surface area contributed by atoms with Crippen LogP contribution in [-0.4, -0.2) is 92.4 Å². The molecular formula is C32H41F2N4O7PS. The number of fused-ring (bicyclic) bond motifs is 2. The Kier molecular flexibility index (Phi) is 9.27. The van der Waals surface area contributed by atoms with Crippen molar-refractivity contribution in [1.29, 1.82) is 0 Å². The number of carbonyl (C=O) groups excluding carboxylic acids is 4. The van der Waals surface area contributed by atoms with Gasteiger partial charge in [-0.05, 0) is 67.5 Å². The smallest absolute Gasteiger partial charge is 0.340 e. The van der Waals surface area contributed by atoms with Crippen LogP contribution in [0.5, 0.6) is 0 Å². The summed E-state index contributed by atoms with van der Waals surface area (Å²) in [7, 11) is -5.78. The van der Waals surface area contributed by atoms with Crippen molar-refractivity contribution in [2.24, 2.45) is 5.41 Å². The molecule has 3 N–H and O–H groups in total. The molecule has 47 heavy (non-hydrogen) atoms. The molecule has 1 aliphatic carbocycles. The van der Waals surface area contributed by atoms with E-state index in [1.54, 1.807) is 4.90 Å². The standard InChI is InChI=1S/C32H41F2N4O7PS/c1-20(39)36-14-10-23-7-8-25(30(42)37-15-13-31(19-37)11-4-2-3-5-12-31)38(23)29(41)24(18-36)35-28(40)27-17-21-16-22(6-9-26(21)47-27)32(33,34)46(43,44)45/h6,9,16-17,23-25H,2-5,7-8,10-15,18-19H2,1H3,(H,35,40)(H2,43,44,45)/t23-,24-,25-/m1/s1. The molecule has 0 bridgehead atoms. The zero-order valence-corrected chi connectivity index (χ0v) is 28.0. The Morgan fingerprint density at radius 1 is 1.00 bits per heavy atom. The Balaban J connectivity index is 1.22. The Labute approximate surface area is 275 Å². The van der Waals surface area contributed by atoms with Gasteiger partial charge in [-0.3, -0.25) is 23.7 Å². The SMILES string of the molecule is CC(=O)N1CC[C@H]2CC[C@H](C(=O)N3CCC4(CCCCCC4)C3)N2C(=O)[C@H](NC(=O)c2cc3cc(C(F)(F)P(=O)(O)O)ccc3s2)C1. The number of nitrogens with one attached hydrogen (secondary N) is 1. The maximum atomic E-state index is 14.3. The van der Waals surface area contributed by atoms with Crippen molar-refractivity contribution >= 4 is 52.6 Å². The maximum Gasteiger partial charge on any atom is 0.399 e. The first-order valence-electron chi connectivity index (χ1n) is 16.3. The van der Waals surface area contributed by atoms with Crippen LogP contribution in [0, 0.1) is 5.41 Å². The molecule has 3 atom stereocenters. The van der Waals surface area contributed by atoms with Crippen LogP contribution in [0.2, 0.25) is 0 Å². The lowest BCUT2D eigenvalue weighted by Crippen LogP contribution is -2.61. The van der Waals surface area contributed by atoms with Gasteiger partial charge in [0.1, 0.15) is 12.1 Å². The molecule has 11 nitrogen and oxygen atoms in total. The summed E-state index contributed by atoms with van der Waals surface area (Å²) in [5.41, 5.74) is -5.13. The first-order valence-corrected chi connectivity index (χ1v) is 18.8. The number of hydrogen-bond donors (Lipinski definition) is 3. The first kappa shape index (κ1) is 34.0. The molecule has 4 aliphatic rings. The Hall–Kier alpha value is -2.93. The van der Waals surface area contributed by atoms with Gasteiger partial charge in [0.05, 0.1) is 4.88 Å². The van der Waals surface area contributed by atoms with Gasteiger partial charge < -0.3 is 29.8 Å². The van der Waals surface area contributed by atoms with Crippen LogP contribution < -0.4 is 5.32 Å². The molecular weight excluding hydrogens is 653 g/mol. The second-order valence-corrected chi connectivity index (χ2v) is 16.4. The highest BCUT2D eigenvalue weighted by Gasteiger charge is 2.51. The number of thiophene rings is 1. The lowest BCUT2D eigenvalue weighted by atomic mass is 9.80. The van der Waals surface area contributed by atoms with E-state index >= 15 is 0 Å². The second kappa shape index (κ2) is 12.8. The molecule has 4 amide bonds. The fraction of sp³-hybridized carbons (Fsp3) is 0.625. The minimum Gasteiger partial charge on any atom is -0.340 e. The number of carbonyl (C=O) groups is 4. The van der Waals surface area contributed by atoms with E-state index in [1.165, 1.54) is 49.6 Å². The van der Waals surface area contributed by atoms with Crippen molar-refractivity contribution in [1.82, 2.24) is 20.0 Å². The topological polar surface area (TPSA) is 148 Å². The van der Waals surface area contributed by atoms with E-state index in [0.29, 0.717) is 43.6 Å². The van der Waals surface area contributed by atoms with Crippen LogP contribution in [0.25, 0.3) is 10.1 Å². The number of likely N-dealkylation sites (tertiary alicyclic amines) is 1. The summed E-state index contributed by atoms with van der Waals surface area (Å²) in [6.45, 7) is 3.07. The average Bonchev–Trinajstić information content (AvgIpc) is 3.70. The van der Waals surface area contributed by atoms with Crippen molar-refractivity contribution in [2.75, 3.05) is 26.2 Å². The molecule has 3 saturated heterocycles. The van der Waals surface area contributed by atoms with Crippen molar-refractivity contribution in [3.8, 4) is 0 Å². The van der Waals surface area contributed by atoms with Crippen LogP contribution >= 0.6 is 18.9 Å². The summed E-state index contributed by atoms with van der Waals surface area (Å²) in [6.07, 6.45) is 9.66. The summed E-state index contributed by atoms with van der Waals surface area (Å²) in [6, 6.07) is 2.38. The van der Waals surface area contributed by atoms with Crippen LogP contribution in [0.4, 0.5) is 8.78 Å². The Bertz CT molecular complexity index is 1620. The Morgan fingerprint density at radius 3 is 2.40 bits per heavy atom. The molecule has 3 aliphatic heterocycles. The van der Waals surface area contributed by atoms with Crippen LogP contribution in [-0.2, 0) is 24.6 Å². The van der Waals surface area contributed by atoms with Crippen molar-refractivity contribution in [3.63, 3.8) is 0 Å². The summed E-state index contributed by atoms with van der Waals surface area (Å²) < 4.78 is 40.5. The van der Waals surface area contributed by atoms with E-state index in [-0.39, 0.29) is 40.1 Å². The molecule has 1 aromatic carbocycles. The van der Waals surface area contributed by atoms with E-state index in [0.717, 1.165) is 42.7 Å². The monoisotopic (exact) mass is 694 g/mol. The number of rotatable bonds is 5. The summed E-state index contributed by atoms with van der Waals surface area (Å²) in [4.78, 5) is 77.8. The fourth-order valence-electron chi connectivity index (χ4n) is 7.97. The predicted octanol–water partition coefficient (Wildman–Crippen LogP) is 4.41. The van der Waals surface area contributed by atoms with Crippen molar-refractivity contribution < 1.29 is 42.3 Å². The molecule has 1 spiro atoms. The number of alkyl halides is 2. The summed E-state index contributed by atoms with van der Waals surface area (Å²) in [5.74, 6) is -1.39. The van der Waals surface area contributed by atoms with Crippen molar-refractivity contribution in [3.05, 3.63) is 34.7 Å².